The topological polar surface area (TPSA) is 47.6 Å². The van der Waals surface area contributed by atoms with Crippen LogP contribution < -0.4 is 2.95 Å². The fourth-order valence-electron chi connectivity index (χ4n) is 1.15. The van der Waals surface area contributed by atoms with E-state index in [0.717, 1.165) is 16.7 Å². The molecule has 0 atom stereocenters. The Morgan fingerprint density at radius 3 is 2.43 bits per heavy atom. The number of nitrogens with zero attached hydrogens (tertiary/aromatic N) is 2. The summed E-state index contributed by atoms with van der Waals surface area (Å²) in [5.74, 6) is 0.832. The zero-order valence-electron chi connectivity index (χ0n) is 7.11. The highest BCUT2D eigenvalue weighted by atomic mass is 79.9. The van der Waals surface area contributed by atoms with Crippen molar-refractivity contribution in [1.82, 2.24) is 4.98 Å². The maximum Gasteiger partial charge on any atom is 0.149 e. The Bertz CT molecular complexity index is 434. The lowest BCUT2D eigenvalue weighted by Crippen LogP contribution is -1.93. The van der Waals surface area contributed by atoms with Crippen LogP contribution in [0.15, 0.2) is 36.4 Å². The van der Waals surface area contributed by atoms with E-state index in [-0.39, 0.29) is 5.48 Å². The van der Waals surface area contributed by atoms with Gasteiger partial charge in [-0.05, 0) is 18.2 Å². The maximum atomic E-state index is 4.41. The molecule has 2 rings (SSSR count). The molecule has 0 aliphatic rings. The summed E-state index contributed by atoms with van der Waals surface area (Å²) in [6.45, 7) is 0. The molecule has 0 aliphatic heterocycles. The van der Waals surface area contributed by atoms with Gasteiger partial charge in [-0.2, -0.15) is 0 Å². The first kappa shape index (κ1) is 11.4. The first-order valence-corrected chi connectivity index (χ1v) is 5.17. The Morgan fingerprint density at radius 1 is 1.00 bits per heavy atom. The third-order valence-corrected chi connectivity index (χ3v) is 2.48. The van der Waals surface area contributed by atoms with E-state index < -0.39 is 0 Å². The van der Waals surface area contributed by atoms with Crippen LogP contribution in [0.5, 0.6) is 0 Å². The first-order valence-electron chi connectivity index (χ1n) is 3.75. The lowest BCUT2D eigenvalue weighted by molar-refractivity contribution is 0.824. The van der Waals surface area contributed by atoms with Crippen molar-refractivity contribution in [3.63, 3.8) is 0 Å². The molecule has 0 unspecified atom stereocenters. The third kappa shape index (κ3) is 2.23. The van der Waals surface area contributed by atoms with Crippen molar-refractivity contribution in [2.45, 2.75) is 0 Å². The van der Waals surface area contributed by atoms with Crippen LogP contribution in [0.4, 0.5) is 5.82 Å². The zero-order chi connectivity index (χ0) is 9.26. The molecular weight excluding hydrogens is 312 g/mol. The molecule has 0 saturated heterocycles. The smallest absolute Gasteiger partial charge is 0.149 e. The van der Waals surface area contributed by atoms with E-state index in [1.807, 2.05) is 36.4 Å². The Kier molecular flexibility index (Phi) is 3.86. The summed E-state index contributed by atoms with van der Waals surface area (Å²) in [4.78, 5) is 4.41. The minimum atomic E-state index is 0. The molecule has 1 aromatic carbocycles. The number of halogens is 2. The molecule has 1 aromatic heterocycles. The van der Waals surface area contributed by atoms with Gasteiger partial charge in [0.15, 0.2) is 0 Å². The van der Waals surface area contributed by atoms with Crippen molar-refractivity contribution in [2.24, 2.45) is 0 Å². The number of pyridine rings is 1. The molecule has 3 nitrogen and oxygen atoms in total. The SMILES string of the molecule is BrN(Br)c1ccc2ccccc2n1.O. The van der Waals surface area contributed by atoms with Crippen LogP contribution in [0.1, 0.15) is 0 Å². The number of fused-ring (bicyclic) bond motifs is 1. The van der Waals surface area contributed by atoms with Gasteiger partial charge in [0, 0.05) is 5.39 Å². The van der Waals surface area contributed by atoms with Crippen LogP contribution in [-0.2, 0) is 0 Å². The Hall–Kier alpha value is -0.650. The highest BCUT2D eigenvalue weighted by molar-refractivity contribution is 9.25. The van der Waals surface area contributed by atoms with E-state index in [1.165, 1.54) is 0 Å². The Balaban J connectivity index is 0.000000980. The molecule has 2 N–H and O–H groups in total. The van der Waals surface area contributed by atoms with Gasteiger partial charge in [-0.3, -0.25) is 0 Å². The van der Waals surface area contributed by atoms with E-state index in [1.54, 1.807) is 2.95 Å². The van der Waals surface area contributed by atoms with E-state index >= 15 is 0 Å². The summed E-state index contributed by atoms with van der Waals surface area (Å²) in [6.07, 6.45) is 0. The summed E-state index contributed by atoms with van der Waals surface area (Å²) >= 11 is 6.51. The number of anilines is 1. The van der Waals surface area contributed by atoms with Crippen molar-refractivity contribution in [3.05, 3.63) is 36.4 Å². The van der Waals surface area contributed by atoms with Crippen LogP contribution in [0.25, 0.3) is 10.9 Å². The molecule has 0 saturated carbocycles. The maximum absolute atomic E-state index is 4.41. The van der Waals surface area contributed by atoms with Crippen LogP contribution in [0.2, 0.25) is 0 Å². The quantitative estimate of drug-likeness (QED) is 0.759. The fraction of sp³-hybridized carbons (Fsp3) is 0. The van der Waals surface area contributed by atoms with Gasteiger partial charge < -0.3 is 5.48 Å². The standard InChI is InChI=1S/C9H6Br2N2.H2O/c10-13(11)9-6-5-7-3-1-2-4-8(7)12-9;/h1-6H;1H2. The largest absolute Gasteiger partial charge is 0.412 e. The number of para-hydroxylation sites is 1. The van der Waals surface area contributed by atoms with Crippen molar-refractivity contribution in [1.29, 1.82) is 0 Å². The Labute approximate surface area is 98.7 Å². The third-order valence-electron chi connectivity index (χ3n) is 1.76. The number of hydrogen-bond acceptors (Lipinski definition) is 2. The van der Waals surface area contributed by atoms with Crippen LogP contribution in [0.3, 0.4) is 0 Å². The van der Waals surface area contributed by atoms with E-state index in [9.17, 15) is 0 Å². The molecule has 0 spiro atoms. The zero-order valence-corrected chi connectivity index (χ0v) is 10.3. The summed E-state index contributed by atoms with van der Waals surface area (Å²) < 4.78 is 1.63. The van der Waals surface area contributed by atoms with Gasteiger partial charge in [0.05, 0.1) is 37.8 Å². The predicted octanol–water partition coefficient (Wildman–Crippen LogP) is 2.84. The second-order valence-electron chi connectivity index (χ2n) is 2.60. The highest BCUT2D eigenvalue weighted by Crippen LogP contribution is 2.22. The average Bonchev–Trinajstić information content (AvgIpc) is 2.17. The number of rotatable bonds is 1. The molecule has 0 aliphatic carbocycles. The number of aromatic nitrogens is 1. The van der Waals surface area contributed by atoms with Crippen molar-refractivity contribution in [3.8, 4) is 0 Å². The summed E-state index contributed by atoms with van der Waals surface area (Å²) in [6, 6.07) is 12.0. The predicted molar refractivity (Wildman–Crippen MR) is 65.7 cm³/mol. The minimum Gasteiger partial charge on any atom is -0.412 e. The molecule has 0 fully saturated rings. The first-order chi connectivity index (χ1) is 6.27. The van der Waals surface area contributed by atoms with E-state index in [2.05, 4.69) is 37.3 Å². The molecule has 5 heteroatoms. The number of benzene rings is 1. The molecule has 74 valence electrons. The monoisotopic (exact) mass is 318 g/mol. The summed E-state index contributed by atoms with van der Waals surface area (Å²) in [5, 5.41) is 1.15. The van der Waals surface area contributed by atoms with Crippen LogP contribution in [-0.4, -0.2) is 10.5 Å². The van der Waals surface area contributed by atoms with Gasteiger partial charge in [0.1, 0.15) is 5.82 Å². The van der Waals surface area contributed by atoms with Gasteiger partial charge >= 0.3 is 0 Å². The molecule has 1 heterocycles. The summed E-state index contributed by atoms with van der Waals surface area (Å²) in [5.41, 5.74) is 0.990. The van der Waals surface area contributed by atoms with Gasteiger partial charge in [0.25, 0.3) is 0 Å². The summed E-state index contributed by atoms with van der Waals surface area (Å²) in [7, 11) is 0. The average molecular weight is 320 g/mol. The van der Waals surface area contributed by atoms with Gasteiger partial charge in [-0.15, -0.1) is 0 Å². The molecule has 0 amide bonds. The van der Waals surface area contributed by atoms with E-state index in [4.69, 9.17) is 0 Å². The lowest BCUT2D eigenvalue weighted by Gasteiger charge is -2.05. The minimum absolute atomic E-state index is 0. The highest BCUT2D eigenvalue weighted by Gasteiger charge is 2.00. The fourth-order valence-corrected chi connectivity index (χ4v) is 1.54. The second kappa shape index (κ2) is 4.72. The normalized spacial score (nSPS) is 9.57. The van der Waals surface area contributed by atoms with Crippen molar-refractivity contribution in [2.75, 3.05) is 2.95 Å². The van der Waals surface area contributed by atoms with E-state index in [0.29, 0.717) is 0 Å². The molecular formula is C9H8Br2N2O. The van der Waals surface area contributed by atoms with Gasteiger partial charge in [-0.1, -0.05) is 18.2 Å². The van der Waals surface area contributed by atoms with Gasteiger partial charge in [-0.25, -0.2) is 7.94 Å². The van der Waals surface area contributed by atoms with Gasteiger partial charge in [0.2, 0.25) is 0 Å². The Morgan fingerprint density at radius 2 is 1.71 bits per heavy atom. The second-order valence-corrected chi connectivity index (χ2v) is 4.97. The molecule has 14 heavy (non-hydrogen) atoms. The lowest BCUT2D eigenvalue weighted by atomic mass is 10.2. The van der Waals surface area contributed by atoms with Crippen LogP contribution >= 0.6 is 32.3 Å². The van der Waals surface area contributed by atoms with Crippen LogP contribution in [0, 0.1) is 0 Å². The molecule has 0 bridgehead atoms. The molecule has 2 aromatic rings. The molecule has 0 radical (unpaired) electrons. The number of hydrogen-bond donors (Lipinski definition) is 0. The van der Waals surface area contributed by atoms with Crippen molar-refractivity contribution >= 4 is 49.0 Å². The van der Waals surface area contributed by atoms with Crippen molar-refractivity contribution < 1.29 is 5.48 Å².